The van der Waals surface area contributed by atoms with E-state index in [0.717, 1.165) is 6.42 Å². The Morgan fingerprint density at radius 2 is 2.00 bits per heavy atom. The Bertz CT molecular complexity index is 302. The molecule has 0 radical (unpaired) electrons. The van der Waals surface area contributed by atoms with Crippen molar-refractivity contribution in [1.82, 2.24) is 0 Å². The number of ether oxygens (including phenoxy) is 1. The van der Waals surface area contributed by atoms with Gasteiger partial charge in [0.2, 0.25) is 5.82 Å². The highest BCUT2D eigenvalue weighted by Gasteiger charge is 2.12. The van der Waals surface area contributed by atoms with Crippen LogP contribution < -0.4 is 4.74 Å². The number of rotatable bonds is 3. The van der Waals surface area contributed by atoms with Crippen LogP contribution in [0.1, 0.15) is 13.3 Å². The second-order valence-corrected chi connectivity index (χ2v) is 3.68. The fourth-order valence-electron chi connectivity index (χ4n) is 0.832. The van der Waals surface area contributed by atoms with E-state index >= 15 is 0 Å². The summed E-state index contributed by atoms with van der Waals surface area (Å²) in [6.07, 6.45) is 0.771. The monoisotopic (exact) mass is 298 g/mol. The molecule has 13 heavy (non-hydrogen) atoms. The van der Waals surface area contributed by atoms with Crippen LogP contribution in [-0.2, 0) is 0 Å². The first kappa shape index (κ1) is 10.7. The second kappa shape index (κ2) is 4.74. The normalized spacial score (nSPS) is 10.2. The fraction of sp³-hybridized carbons (Fsp3) is 0.333. The molecule has 0 aromatic heterocycles. The van der Waals surface area contributed by atoms with Gasteiger partial charge in [0.1, 0.15) is 0 Å². The van der Waals surface area contributed by atoms with Crippen LogP contribution in [-0.4, -0.2) is 6.61 Å². The van der Waals surface area contributed by atoms with E-state index in [9.17, 15) is 8.78 Å². The van der Waals surface area contributed by atoms with Gasteiger partial charge >= 0.3 is 0 Å². The lowest BCUT2D eigenvalue weighted by molar-refractivity contribution is 0.295. The van der Waals surface area contributed by atoms with Crippen LogP contribution >= 0.6 is 22.6 Å². The molecule has 0 atom stereocenters. The Morgan fingerprint density at radius 3 is 2.62 bits per heavy atom. The number of hydrogen-bond donors (Lipinski definition) is 0. The molecule has 0 amide bonds. The summed E-state index contributed by atoms with van der Waals surface area (Å²) in [5, 5.41) is 0. The Balaban J connectivity index is 2.90. The van der Waals surface area contributed by atoms with Gasteiger partial charge in [-0.2, -0.15) is 4.39 Å². The van der Waals surface area contributed by atoms with Crippen molar-refractivity contribution in [2.24, 2.45) is 0 Å². The summed E-state index contributed by atoms with van der Waals surface area (Å²) in [7, 11) is 0. The predicted octanol–water partition coefficient (Wildman–Crippen LogP) is 3.36. The summed E-state index contributed by atoms with van der Waals surface area (Å²) in [4.78, 5) is 0. The number of benzene rings is 1. The maximum atomic E-state index is 13.1. The van der Waals surface area contributed by atoms with E-state index in [0.29, 0.717) is 6.61 Å². The van der Waals surface area contributed by atoms with Gasteiger partial charge in [0.25, 0.3) is 0 Å². The SMILES string of the molecule is CCCOc1ccc(I)c(F)c1F. The van der Waals surface area contributed by atoms with Crippen LogP contribution in [0.15, 0.2) is 12.1 Å². The average molecular weight is 298 g/mol. The van der Waals surface area contributed by atoms with Crippen molar-refractivity contribution in [1.29, 1.82) is 0 Å². The lowest BCUT2D eigenvalue weighted by Crippen LogP contribution is -2.00. The molecular weight excluding hydrogens is 289 g/mol. The zero-order valence-electron chi connectivity index (χ0n) is 7.11. The predicted molar refractivity (Wildman–Crippen MR) is 54.9 cm³/mol. The van der Waals surface area contributed by atoms with Crippen molar-refractivity contribution in [3.63, 3.8) is 0 Å². The lowest BCUT2D eigenvalue weighted by atomic mass is 10.3. The zero-order valence-corrected chi connectivity index (χ0v) is 9.27. The highest BCUT2D eigenvalue weighted by atomic mass is 127. The van der Waals surface area contributed by atoms with E-state index in [1.54, 1.807) is 22.6 Å². The smallest absolute Gasteiger partial charge is 0.201 e. The molecule has 1 rings (SSSR count). The van der Waals surface area contributed by atoms with Crippen LogP contribution in [0.3, 0.4) is 0 Å². The molecule has 0 spiro atoms. The molecule has 0 aliphatic carbocycles. The van der Waals surface area contributed by atoms with Crippen molar-refractivity contribution >= 4 is 22.6 Å². The topological polar surface area (TPSA) is 9.23 Å². The average Bonchev–Trinajstić information content (AvgIpc) is 2.13. The van der Waals surface area contributed by atoms with Crippen LogP contribution in [0.4, 0.5) is 8.78 Å². The zero-order chi connectivity index (χ0) is 9.84. The van der Waals surface area contributed by atoms with E-state index in [2.05, 4.69) is 0 Å². The molecule has 1 aromatic carbocycles. The van der Waals surface area contributed by atoms with Crippen molar-refractivity contribution in [2.45, 2.75) is 13.3 Å². The highest BCUT2D eigenvalue weighted by Crippen LogP contribution is 2.23. The van der Waals surface area contributed by atoms with Gasteiger partial charge in [-0.1, -0.05) is 6.92 Å². The number of hydrogen-bond acceptors (Lipinski definition) is 1. The van der Waals surface area contributed by atoms with Gasteiger partial charge in [0, 0.05) is 0 Å². The first-order chi connectivity index (χ1) is 6.16. The standard InChI is InChI=1S/C9H9F2IO/c1-2-5-13-7-4-3-6(12)8(10)9(7)11/h3-4H,2,5H2,1H3. The largest absolute Gasteiger partial charge is 0.490 e. The summed E-state index contributed by atoms with van der Waals surface area (Å²) in [6, 6.07) is 2.93. The van der Waals surface area contributed by atoms with Crippen molar-refractivity contribution in [2.75, 3.05) is 6.61 Å². The molecule has 4 heteroatoms. The van der Waals surface area contributed by atoms with E-state index in [-0.39, 0.29) is 9.32 Å². The van der Waals surface area contributed by atoms with Gasteiger partial charge in [0.05, 0.1) is 10.2 Å². The third-order valence-electron chi connectivity index (χ3n) is 1.46. The van der Waals surface area contributed by atoms with E-state index in [1.165, 1.54) is 12.1 Å². The number of halogens is 3. The molecule has 1 nitrogen and oxygen atoms in total. The van der Waals surface area contributed by atoms with Crippen molar-refractivity contribution in [3.8, 4) is 5.75 Å². The molecule has 0 heterocycles. The van der Waals surface area contributed by atoms with E-state index in [1.807, 2.05) is 6.92 Å². The molecule has 1 aromatic rings. The lowest BCUT2D eigenvalue weighted by Gasteiger charge is -2.06. The quantitative estimate of drug-likeness (QED) is 0.614. The fourth-order valence-corrected chi connectivity index (χ4v) is 1.25. The van der Waals surface area contributed by atoms with Crippen molar-refractivity contribution in [3.05, 3.63) is 27.3 Å². The molecule has 0 aliphatic heterocycles. The minimum atomic E-state index is -0.902. The summed E-state index contributed by atoms with van der Waals surface area (Å²) in [5.41, 5.74) is 0. The van der Waals surface area contributed by atoms with Gasteiger partial charge < -0.3 is 4.74 Å². The molecule has 72 valence electrons. The summed E-state index contributed by atoms with van der Waals surface area (Å²) >= 11 is 1.73. The maximum Gasteiger partial charge on any atom is 0.201 e. The minimum absolute atomic E-state index is 0.0141. The second-order valence-electron chi connectivity index (χ2n) is 2.52. The van der Waals surface area contributed by atoms with Gasteiger partial charge in [-0.25, -0.2) is 4.39 Å². The Labute approximate surface area is 89.2 Å². The molecule has 0 bridgehead atoms. The first-order valence-corrected chi connectivity index (χ1v) is 5.01. The van der Waals surface area contributed by atoms with Gasteiger partial charge in [-0.15, -0.1) is 0 Å². The summed E-state index contributed by atoms with van der Waals surface area (Å²) in [6.45, 7) is 2.30. The Morgan fingerprint density at radius 1 is 1.31 bits per heavy atom. The molecule has 0 fully saturated rings. The van der Waals surface area contributed by atoms with Gasteiger partial charge in [-0.3, -0.25) is 0 Å². The molecule has 0 saturated carbocycles. The first-order valence-electron chi connectivity index (χ1n) is 3.93. The molecule has 0 saturated heterocycles. The minimum Gasteiger partial charge on any atom is -0.490 e. The van der Waals surface area contributed by atoms with E-state index in [4.69, 9.17) is 4.74 Å². The van der Waals surface area contributed by atoms with Crippen molar-refractivity contribution < 1.29 is 13.5 Å². The van der Waals surface area contributed by atoms with Crippen LogP contribution in [0.2, 0.25) is 0 Å². The van der Waals surface area contributed by atoms with Crippen LogP contribution in [0.5, 0.6) is 5.75 Å². The van der Waals surface area contributed by atoms with Crippen LogP contribution in [0.25, 0.3) is 0 Å². The molecule has 0 unspecified atom stereocenters. The van der Waals surface area contributed by atoms with E-state index < -0.39 is 11.6 Å². The Hall–Kier alpha value is -0.390. The Kier molecular flexibility index (Phi) is 3.90. The highest BCUT2D eigenvalue weighted by molar-refractivity contribution is 14.1. The third-order valence-corrected chi connectivity index (χ3v) is 2.29. The maximum absolute atomic E-state index is 13.1. The molecule has 0 N–H and O–H groups in total. The summed E-state index contributed by atoms with van der Waals surface area (Å²) < 4.78 is 31.3. The summed E-state index contributed by atoms with van der Waals surface area (Å²) in [5.74, 6) is -1.76. The third kappa shape index (κ3) is 2.52. The molecular formula is C9H9F2IO. The molecule has 0 aliphatic rings. The van der Waals surface area contributed by atoms with Crippen LogP contribution in [0, 0.1) is 15.2 Å². The van der Waals surface area contributed by atoms with Gasteiger partial charge in [0.15, 0.2) is 11.6 Å². The van der Waals surface area contributed by atoms with Gasteiger partial charge in [-0.05, 0) is 41.1 Å².